The highest BCUT2D eigenvalue weighted by atomic mass is 32.1. The molecule has 1 N–H and O–H groups in total. The molecule has 1 unspecified atom stereocenters. The van der Waals surface area contributed by atoms with Crippen molar-refractivity contribution in [3.05, 3.63) is 57.8 Å². The Bertz CT molecular complexity index is 696. The Morgan fingerprint density at radius 3 is 2.78 bits per heavy atom. The minimum absolute atomic E-state index is 0.0662. The second-order valence-corrected chi connectivity index (χ2v) is 6.74. The van der Waals surface area contributed by atoms with Gasteiger partial charge in [-0.05, 0) is 41.8 Å². The van der Waals surface area contributed by atoms with Crippen molar-refractivity contribution in [1.29, 1.82) is 0 Å². The number of thiophene rings is 1. The Hall–Kier alpha value is -2.14. The van der Waals surface area contributed by atoms with E-state index in [-0.39, 0.29) is 5.91 Å². The predicted octanol–water partition coefficient (Wildman–Crippen LogP) is 3.28. The third-order valence-corrected chi connectivity index (χ3v) is 5.17. The topological polar surface area (TPSA) is 57.6 Å². The first-order chi connectivity index (χ1) is 11.2. The van der Waals surface area contributed by atoms with E-state index in [1.165, 1.54) is 9.78 Å². The van der Waals surface area contributed by atoms with Gasteiger partial charge in [-0.15, -0.1) is 11.3 Å². The molecule has 0 spiro atoms. The van der Waals surface area contributed by atoms with Gasteiger partial charge in [0.25, 0.3) is 0 Å². The van der Waals surface area contributed by atoms with Gasteiger partial charge in [-0.2, -0.15) is 0 Å². The van der Waals surface area contributed by atoms with E-state index < -0.39 is 12.0 Å². The molecule has 2 heterocycles. The third-order valence-electron chi connectivity index (χ3n) is 4.23. The van der Waals surface area contributed by atoms with Crippen molar-refractivity contribution >= 4 is 23.2 Å². The number of amides is 1. The molecule has 3 rings (SSSR count). The van der Waals surface area contributed by atoms with Gasteiger partial charge >= 0.3 is 5.97 Å². The lowest BCUT2D eigenvalue weighted by atomic mass is 9.92. The van der Waals surface area contributed by atoms with Crippen LogP contribution in [0.15, 0.2) is 41.8 Å². The summed E-state index contributed by atoms with van der Waals surface area (Å²) in [6.45, 7) is 0.478. The number of carbonyl (C=O) groups excluding carboxylic acids is 1. The second kappa shape index (κ2) is 6.96. The smallest absolute Gasteiger partial charge is 0.331 e. The highest BCUT2D eigenvalue weighted by molar-refractivity contribution is 7.09. The van der Waals surface area contributed by atoms with E-state index >= 15 is 0 Å². The minimum Gasteiger partial charge on any atom is -0.479 e. The molecule has 0 saturated carbocycles. The van der Waals surface area contributed by atoms with Crippen LogP contribution in [0.3, 0.4) is 0 Å². The number of rotatable bonds is 5. The van der Waals surface area contributed by atoms with Crippen LogP contribution in [0.4, 0.5) is 0 Å². The summed E-state index contributed by atoms with van der Waals surface area (Å²) in [6, 6.07) is 10.7. The molecule has 4 nitrogen and oxygen atoms in total. The number of carbonyl (C=O) groups is 2. The molecule has 1 aliphatic rings. The predicted molar refractivity (Wildman–Crippen MR) is 89.5 cm³/mol. The fourth-order valence-corrected chi connectivity index (χ4v) is 3.87. The maximum atomic E-state index is 12.5. The summed E-state index contributed by atoms with van der Waals surface area (Å²) in [5.41, 5.74) is 1.78. The highest BCUT2D eigenvalue weighted by Crippen LogP contribution is 2.30. The number of carboxylic acid groups (broad SMARTS) is 1. The van der Waals surface area contributed by atoms with E-state index in [2.05, 4.69) is 6.07 Å². The third kappa shape index (κ3) is 3.45. The highest BCUT2D eigenvalue weighted by Gasteiger charge is 2.35. The van der Waals surface area contributed by atoms with E-state index in [0.717, 1.165) is 30.4 Å². The summed E-state index contributed by atoms with van der Waals surface area (Å²) < 4.78 is 0. The second-order valence-electron chi connectivity index (χ2n) is 5.71. The number of fused-ring (bicyclic) bond motifs is 1. The van der Waals surface area contributed by atoms with Gasteiger partial charge in [0.15, 0.2) is 6.04 Å². The van der Waals surface area contributed by atoms with Gasteiger partial charge in [-0.3, -0.25) is 4.79 Å². The minimum atomic E-state index is -0.955. The van der Waals surface area contributed by atoms with Crippen molar-refractivity contribution in [2.45, 2.75) is 31.7 Å². The summed E-state index contributed by atoms with van der Waals surface area (Å²) in [7, 11) is 0. The number of nitrogens with zero attached hydrogens (tertiary/aromatic N) is 1. The van der Waals surface area contributed by atoms with Crippen molar-refractivity contribution in [1.82, 2.24) is 4.90 Å². The van der Waals surface area contributed by atoms with E-state index in [0.29, 0.717) is 13.0 Å². The maximum Gasteiger partial charge on any atom is 0.331 e. The fraction of sp³-hybridized carbons (Fsp3) is 0.333. The van der Waals surface area contributed by atoms with Crippen LogP contribution in [0, 0.1) is 0 Å². The van der Waals surface area contributed by atoms with Crippen LogP contribution in [0.2, 0.25) is 0 Å². The molecular formula is C18H19NO3S. The van der Waals surface area contributed by atoms with Gasteiger partial charge in [0.05, 0.1) is 0 Å². The molecule has 0 radical (unpaired) electrons. The quantitative estimate of drug-likeness (QED) is 0.916. The maximum absolute atomic E-state index is 12.5. The Labute approximate surface area is 139 Å². The van der Waals surface area contributed by atoms with Crippen LogP contribution >= 0.6 is 11.3 Å². The number of aryl methyl sites for hydroxylation is 1. The van der Waals surface area contributed by atoms with Gasteiger partial charge in [-0.25, -0.2) is 4.79 Å². The molecule has 5 heteroatoms. The van der Waals surface area contributed by atoms with Crippen molar-refractivity contribution in [2.24, 2.45) is 0 Å². The Morgan fingerprint density at radius 1 is 1.22 bits per heavy atom. The van der Waals surface area contributed by atoms with Crippen LogP contribution in [0.1, 0.15) is 34.9 Å². The summed E-state index contributed by atoms with van der Waals surface area (Å²) in [4.78, 5) is 27.0. The van der Waals surface area contributed by atoms with Crippen molar-refractivity contribution in [3.63, 3.8) is 0 Å². The molecule has 1 atom stereocenters. The van der Waals surface area contributed by atoms with Crippen LogP contribution in [-0.2, 0) is 22.4 Å². The summed E-state index contributed by atoms with van der Waals surface area (Å²) >= 11 is 1.69. The fourth-order valence-electron chi connectivity index (χ4n) is 3.11. The zero-order valence-electron chi connectivity index (χ0n) is 12.8. The Balaban J connectivity index is 1.68. The lowest BCUT2D eigenvalue weighted by Crippen LogP contribution is -2.43. The Kier molecular flexibility index (Phi) is 4.76. The van der Waals surface area contributed by atoms with E-state index in [1.807, 2.05) is 35.7 Å². The first-order valence-electron chi connectivity index (χ1n) is 7.79. The van der Waals surface area contributed by atoms with Crippen LogP contribution in [0.25, 0.3) is 0 Å². The van der Waals surface area contributed by atoms with E-state index in [4.69, 9.17) is 0 Å². The SMILES string of the molecule is O=C(O)C1c2ccccc2CCN1C(=O)CCCc1cccs1. The van der Waals surface area contributed by atoms with Crippen LogP contribution in [-0.4, -0.2) is 28.4 Å². The molecule has 1 aliphatic heterocycles. The largest absolute Gasteiger partial charge is 0.479 e. The zero-order chi connectivity index (χ0) is 16.2. The molecule has 0 fully saturated rings. The molecular weight excluding hydrogens is 310 g/mol. The van der Waals surface area contributed by atoms with Crippen LogP contribution in [0.5, 0.6) is 0 Å². The lowest BCUT2D eigenvalue weighted by molar-refractivity contribution is -0.151. The molecule has 1 aromatic heterocycles. The molecule has 23 heavy (non-hydrogen) atoms. The number of hydrogen-bond acceptors (Lipinski definition) is 3. The number of benzene rings is 1. The van der Waals surface area contributed by atoms with Gasteiger partial charge < -0.3 is 10.0 Å². The molecule has 0 bridgehead atoms. The molecule has 1 aromatic carbocycles. The summed E-state index contributed by atoms with van der Waals surface area (Å²) in [6.07, 6.45) is 2.73. The molecule has 0 saturated heterocycles. The molecule has 2 aromatic rings. The van der Waals surface area contributed by atoms with Crippen molar-refractivity contribution in [3.8, 4) is 0 Å². The molecule has 1 amide bonds. The monoisotopic (exact) mass is 329 g/mol. The number of hydrogen-bond donors (Lipinski definition) is 1. The van der Waals surface area contributed by atoms with Gasteiger partial charge in [0.2, 0.25) is 5.91 Å². The number of aliphatic carboxylic acids is 1. The first-order valence-corrected chi connectivity index (χ1v) is 8.67. The summed E-state index contributed by atoms with van der Waals surface area (Å²) in [5, 5.41) is 11.6. The average Bonchev–Trinajstić information content (AvgIpc) is 3.06. The van der Waals surface area contributed by atoms with E-state index in [9.17, 15) is 14.7 Å². The zero-order valence-corrected chi connectivity index (χ0v) is 13.6. The van der Waals surface area contributed by atoms with Gasteiger partial charge in [-0.1, -0.05) is 30.3 Å². The first kappa shape index (κ1) is 15.7. The van der Waals surface area contributed by atoms with Gasteiger partial charge in [0, 0.05) is 17.8 Å². The Morgan fingerprint density at radius 2 is 2.04 bits per heavy atom. The molecule has 120 valence electrons. The lowest BCUT2D eigenvalue weighted by Gasteiger charge is -2.34. The standard InChI is InChI=1S/C18H19NO3S/c20-16(9-3-6-14-7-4-12-23-14)19-11-10-13-5-1-2-8-15(13)17(19)18(21)22/h1-2,4-5,7-8,12,17H,3,6,9-11H2,(H,21,22). The molecule has 0 aliphatic carbocycles. The van der Waals surface area contributed by atoms with Crippen molar-refractivity contribution < 1.29 is 14.7 Å². The average molecular weight is 329 g/mol. The van der Waals surface area contributed by atoms with Gasteiger partial charge in [0.1, 0.15) is 0 Å². The van der Waals surface area contributed by atoms with Crippen LogP contribution < -0.4 is 0 Å². The van der Waals surface area contributed by atoms with E-state index in [1.54, 1.807) is 11.3 Å². The number of carboxylic acids is 1. The van der Waals surface area contributed by atoms with Crippen molar-refractivity contribution in [2.75, 3.05) is 6.54 Å². The summed E-state index contributed by atoms with van der Waals surface area (Å²) in [5.74, 6) is -1.02. The normalized spacial score (nSPS) is 16.9.